The van der Waals surface area contributed by atoms with Crippen LogP contribution < -0.4 is 5.32 Å². The topological polar surface area (TPSA) is 72.5 Å². The van der Waals surface area contributed by atoms with E-state index in [4.69, 9.17) is 16.3 Å². The maximum atomic E-state index is 11.9. The number of ether oxygens (including phenoxy) is 1. The van der Waals surface area contributed by atoms with Crippen LogP contribution in [-0.2, 0) is 19.4 Å². The van der Waals surface area contributed by atoms with Crippen molar-refractivity contribution in [2.24, 2.45) is 5.92 Å². The monoisotopic (exact) mass is 281 g/mol. The van der Waals surface area contributed by atoms with Gasteiger partial charge in [0.25, 0.3) is 0 Å². The first-order valence-corrected chi connectivity index (χ1v) is 7.89. The number of carbonyl (C=O) groups excluding carboxylic acids is 1. The van der Waals surface area contributed by atoms with E-state index in [1.54, 1.807) is 0 Å². The third-order valence-electron chi connectivity index (χ3n) is 3.18. The van der Waals surface area contributed by atoms with Gasteiger partial charge >= 0.3 is 0 Å². The van der Waals surface area contributed by atoms with Crippen molar-refractivity contribution in [3.05, 3.63) is 0 Å². The van der Waals surface area contributed by atoms with Crippen molar-refractivity contribution in [3.63, 3.8) is 0 Å². The molecule has 98 valence electrons. The molecular formula is C10H16ClNO4S. The fourth-order valence-electron chi connectivity index (χ4n) is 2.24. The molecule has 7 heteroatoms. The van der Waals surface area contributed by atoms with Crippen LogP contribution >= 0.6 is 11.6 Å². The largest absolute Gasteiger partial charge is 0.378 e. The van der Waals surface area contributed by atoms with Gasteiger partial charge in [0, 0.05) is 0 Å². The molecule has 0 bridgehead atoms. The highest BCUT2D eigenvalue weighted by molar-refractivity contribution is 7.91. The maximum Gasteiger partial charge on any atom is 0.225 e. The standard InChI is InChI=1S/C10H16ClNO4S/c1-6-2-7(3-16-6)10(13)12-9-5-17(14,15)4-8(9)11/h6-9H,2-5H2,1H3,(H,12,13). The quantitative estimate of drug-likeness (QED) is 0.720. The predicted molar refractivity (Wildman–Crippen MR) is 63.7 cm³/mol. The zero-order valence-corrected chi connectivity index (χ0v) is 11.1. The third kappa shape index (κ3) is 3.11. The van der Waals surface area contributed by atoms with Gasteiger partial charge in [-0.05, 0) is 13.3 Å². The minimum absolute atomic E-state index is 0.0585. The number of halogens is 1. The highest BCUT2D eigenvalue weighted by atomic mass is 35.5. The summed E-state index contributed by atoms with van der Waals surface area (Å²) in [5.41, 5.74) is 0. The van der Waals surface area contributed by atoms with Gasteiger partial charge in [0.2, 0.25) is 5.91 Å². The molecule has 17 heavy (non-hydrogen) atoms. The van der Waals surface area contributed by atoms with Crippen molar-refractivity contribution in [1.29, 1.82) is 0 Å². The number of hydrogen-bond acceptors (Lipinski definition) is 4. The Hall–Kier alpha value is -0.330. The lowest BCUT2D eigenvalue weighted by atomic mass is 10.0. The van der Waals surface area contributed by atoms with Crippen molar-refractivity contribution in [2.75, 3.05) is 18.1 Å². The molecule has 2 rings (SSSR count). The molecule has 0 spiro atoms. The molecule has 4 atom stereocenters. The molecule has 0 aliphatic carbocycles. The summed E-state index contributed by atoms with van der Waals surface area (Å²) >= 11 is 5.92. The number of rotatable bonds is 2. The highest BCUT2D eigenvalue weighted by Gasteiger charge is 2.39. The molecule has 0 aromatic rings. The second-order valence-electron chi connectivity index (χ2n) is 4.78. The molecule has 2 fully saturated rings. The Morgan fingerprint density at radius 1 is 1.41 bits per heavy atom. The van der Waals surface area contributed by atoms with Gasteiger partial charge in [-0.1, -0.05) is 0 Å². The SMILES string of the molecule is CC1CC(C(=O)NC2CS(=O)(=O)CC2Cl)CO1. The van der Waals surface area contributed by atoms with Crippen LogP contribution in [0.4, 0.5) is 0 Å². The van der Waals surface area contributed by atoms with Gasteiger partial charge in [0.15, 0.2) is 9.84 Å². The minimum atomic E-state index is -3.10. The average Bonchev–Trinajstić information content (AvgIpc) is 2.71. The molecule has 4 unspecified atom stereocenters. The van der Waals surface area contributed by atoms with Crippen LogP contribution in [-0.4, -0.2) is 50.0 Å². The van der Waals surface area contributed by atoms with Crippen molar-refractivity contribution in [3.8, 4) is 0 Å². The number of nitrogens with one attached hydrogen (secondary N) is 1. The van der Waals surface area contributed by atoms with Gasteiger partial charge in [-0.25, -0.2) is 8.42 Å². The lowest BCUT2D eigenvalue weighted by molar-refractivity contribution is -0.125. The van der Waals surface area contributed by atoms with Crippen LogP contribution in [0.15, 0.2) is 0 Å². The van der Waals surface area contributed by atoms with Crippen molar-refractivity contribution < 1.29 is 17.9 Å². The normalized spacial score (nSPS) is 40.4. The molecular weight excluding hydrogens is 266 g/mol. The summed E-state index contributed by atoms with van der Waals surface area (Å²) in [5, 5.41) is 2.19. The second-order valence-corrected chi connectivity index (χ2v) is 7.50. The van der Waals surface area contributed by atoms with Gasteiger partial charge < -0.3 is 10.1 Å². The fraction of sp³-hybridized carbons (Fsp3) is 0.900. The van der Waals surface area contributed by atoms with Crippen LogP contribution in [0.2, 0.25) is 0 Å². The van der Waals surface area contributed by atoms with Crippen molar-refractivity contribution in [1.82, 2.24) is 5.32 Å². The van der Waals surface area contributed by atoms with E-state index in [0.29, 0.717) is 13.0 Å². The molecule has 0 saturated carbocycles. The molecule has 2 aliphatic rings. The van der Waals surface area contributed by atoms with Crippen molar-refractivity contribution in [2.45, 2.75) is 30.9 Å². The second kappa shape index (κ2) is 4.74. The Kier molecular flexibility index (Phi) is 3.66. The fourth-order valence-corrected chi connectivity index (χ4v) is 4.79. The minimum Gasteiger partial charge on any atom is -0.378 e. The highest BCUT2D eigenvalue weighted by Crippen LogP contribution is 2.22. The number of alkyl halides is 1. The zero-order chi connectivity index (χ0) is 12.6. The Labute approximate surface area is 106 Å². The van der Waals surface area contributed by atoms with E-state index in [1.165, 1.54) is 0 Å². The first-order chi connectivity index (χ1) is 7.87. The molecule has 1 N–H and O–H groups in total. The summed E-state index contributed by atoms with van der Waals surface area (Å²) in [5.74, 6) is -0.452. The summed E-state index contributed by atoms with van der Waals surface area (Å²) in [6, 6.07) is -0.468. The van der Waals surface area contributed by atoms with Crippen LogP contribution in [0.1, 0.15) is 13.3 Å². The number of sulfone groups is 1. The molecule has 1 amide bonds. The first-order valence-electron chi connectivity index (χ1n) is 5.64. The van der Waals surface area contributed by atoms with Gasteiger partial charge in [-0.15, -0.1) is 11.6 Å². The summed E-state index contributed by atoms with van der Waals surface area (Å²) in [7, 11) is -3.10. The number of hydrogen-bond donors (Lipinski definition) is 1. The summed E-state index contributed by atoms with van der Waals surface area (Å²) in [6.07, 6.45) is 0.767. The molecule has 2 aliphatic heterocycles. The Balaban J connectivity index is 1.91. The van der Waals surface area contributed by atoms with Crippen molar-refractivity contribution >= 4 is 27.3 Å². The lowest BCUT2D eigenvalue weighted by Gasteiger charge is -2.16. The van der Waals surface area contributed by atoms with Gasteiger partial charge in [0.05, 0.1) is 41.6 Å². The van der Waals surface area contributed by atoms with Crippen LogP contribution in [0, 0.1) is 5.92 Å². The molecule has 0 aromatic carbocycles. The van der Waals surface area contributed by atoms with Gasteiger partial charge in [-0.3, -0.25) is 4.79 Å². The van der Waals surface area contributed by atoms with E-state index in [-0.39, 0.29) is 29.4 Å². The van der Waals surface area contributed by atoms with E-state index in [1.807, 2.05) is 6.92 Å². The Morgan fingerprint density at radius 2 is 2.12 bits per heavy atom. The maximum absolute atomic E-state index is 11.9. The summed E-state index contributed by atoms with van der Waals surface area (Å²) < 4.78 is 28.0. The van der Waals surface area contributed by atoms with Crippen LogP contribution in [0.25, 0.3) is 0 Å². The molecule has 2 heterocycles. The summed E-state index contributed by atoms with van der Waals surface area (Å²) in [4.78, 5) is 11.9. The van der Waals surface area contributed by atoms with E-state index < -0.39 is 21.3 Å². The summed E-state index contributed by atoms with van der Waals surface area (Å²) in [6.45, 7) is 2.32. The van der Waals surface area contributed by atoms with E-state index in [9.17, 15) is 13.2 Å². The van der Waals surface area contributed by atoms with Crippen LogP contribution in [0.3, 0.4) is 0 Å². The Morgan fingerprint density at radius 3 is 2.59 bits per heavy atom. The van der Waals surface area contributed by atoms with Gasteiger partial charge in [-0.2, -0.15) is 0 Å². The average molecular weight is 282 g/mol. The predicted octanol–water partition coefficient (Wildman–Crippen LogP) is -0.0680. The molecule has 2 saturated heterocycles. The smallest absolute Gasteiger partial charge is 0.225 e. The van der Waals surface area contributed by atoms with E-state index >= 15 is 0 Å². The molecule has 5 nitrogen and oxygen atoms in total. The van der Waals surface area contributed by atoms with Gasteiger partial charge in [0.1, 0.15) is 0 Å². The number of carbonyl (C=O) groups is 1. The Bertz CT molecular complexity index is 411. The first kappa shape index (κ1) is 13.1. The van der Waals surface area contributed by atoms with E-state index in [2.05, 4.69) is 5.32 Å². The third-order valence-corrected chi connectivity index (χ3v) is 5.56. The molecule has 0 radical (unpaired) electrons. The lowest BCUT2D eigenvalue weighted by Crippen LogP contribution is -2.43. The molecule has 0 aromatic heterocycles. The van der Waals surface area contributed by atoms with E-state index in [0.717, 1.165) is 0 Å². The van der Waals surface area contributed by atoms with Crippen LogP contribution in [0.5, 0.6) is 0 Å². The number of amides is 1. The zero-order valence-electron chi connectivity index (χ0n) is 9.56.